The Hall–Kier alpha value is -1.56. The lowest BCUT2D eigenvalue weighted by molar-refractivity contribution is -0.266. The lowest BCUT2D eigenvalue weighted by Gasteiger charge is -2.42. The van der Waals surface area contributed by atoms with Gasteiger partial charge in [0.15, 0.2) is 0 Å². The Kier molecular flexibility index (Phi) is 3.58. The molecule has 0 amide bonds. The molecule has 0 aromatic heterocycles. The van der Waals surface area contributed by atoms with Gasteiger partial charge in [-0.3, -0.25) is 5.43 Å². The van der Waals surface area contributed by atoms with Crippen LogP contribution in [-0.4, -0.2) is 22.7 Å². The zero-order chi connectivity index (χ0) is 18.0. The standard InChI is InChI=1S/C18H23F3N2O/c1-15(2)7-8-16(3,4)13-9-11(5-6-12(13)15)14-10-17(24,23-22-14)18(19,20)21/h5-6,9,23-24H,7-8,10H2,1-4H3. The van der Waals surface area contributed by atoms with E-state index in [0.717, 1.165) is 18.4 Å². The van der Waals surface area contributed by atoms with E-state index in [1.54, 1.807) is 0 Å². The Balaban J connectivity index is 1.99. The van der Waals surface area contributed by atoms with Crippen molar-refractivity contribution in [2.24, 2.45) is 5.10 Å². The minimum atomic E-state index is -4.77. The van der Waals surface area contributed by atoms with Crippen molar-refractivity contribution in [3.8, 4) is 0 Å². The lowest BCUT2D eigenvalue weighted by Crippen LogP contribution is -2.52. The minimum Gasteiger partial charge on any atom is -0.362 e. The monoisotopic (exact) mass is 340 g/mol. The fourth-order valence-corrected chi connectivity index (χ4v) is 3.58. The molecule has 1 aromatic rings. The number of nitrogens with one attached hydrogen (secondary N) is 1. The van der Waals surface area contributed by atoms with Gasteiger partial charge in [0, 0.05) is 0 Å². The average Bonchev–Trinajstić information content (AvgIpc) is 2.87. The number of halogens is 3. The van der Waals surface area contributed by atoms with Crippen molar-refractivity contribution in [1.82, 2.24) is 5.43 Å². The molecule has 24 heavy (non-hydrogen) atoms. The topological polar surface area (TPSA) is 44.6 Å². The highest BCUT2D eigenvalue weighted by atomic mass is 19.4. The quantitative estimate of drug-likeness (QED) is 0.812. The number of fused-ring (bicyclic) bond motifs is 1. The average molecular weight is 340 g/mol. The van der Waals surface area contributed by atoms with Crippen LogP contribution in [0.15, 0.2) is 23.3 Å². The van der Waals surface area contributed by atoms with Gasteiger partial charge in [-0.05, 0) is 46.4 Å². The number of alkyl halides is 3. The van der Waals surface area contributed by atoms with Gasteiger partial charge in [-0.1, -0.05) is 39.8 Å². The number of hydrogen-bond donors (Lipinski definition) is 2. The molecular weight excluding hydrogens is 317 g/mol. The highest BCUT2D eigenvalue weighted by Crippen LogP contribution is 2.46. The Labute approximate surface area is 140 Å². The highest BCUT2D eigenvalue weighted by Gasteiger charge is 2.57. The Morgan fingerprint density at radius 1 is 1.04 bits per heavy atom. The van der Waals surface area contributed by atoms with E-state index >= 15 is 0 Å². The number of aliphatic hydroxyl groups is 1. The van der Waals surface area contributed by atoms with Crippen molar-refractivity contribution < 1.29 is 18.3 Å². The smallest absolute Gasteiger partial charge is 0.362 e. The predicted octanol–water partition coefficient (Wildman–Crippen LogP) is 3.98. The first-order chi connectivity index (χ1) is 10.9. The van der Waals surface area contributed by atoms with Crippen LogP contribution in [0.4, 0.5) is 13.2 Å². The summed E-state index contributed by atoms with van der Waals surface area (Å²) in [4.78, 5) is 0. The molecule has 0 fully saturated rings. The van der Waals surface area contributed by atoms with Gasteiger partial charge in [0.05, 0.1) is 12.1 Å². The van der Waals surface area contributed by atoms with Crippen LogP contribution in [0.25, 0.3) is 0 Å². The van der Waals surface area contributed by atoms with E-state index in [2.05, 4.69) is 32.8 Å². The molecule has 3 nitrogen and oxygen atoms in total. The largest absolute Gasteiger partial charge is 0.438 e. The van der Waals surface area contributed by atoms with E-state index < -0.39 is 18.3 Å². The van der Waals surface area contributed by atoms with E-state index in [4.69, 9.17) is 0 Å². The normalized spacial score (nSPS) is 28.1. The summed E-state index contributed by atoms with van der Waals surface area (Å²) >= 11 is 0. The van der Waals surface area contributed by atoms with Crippen molar-refractivity contribution in [2.75, 3.05) is 0 Å². The number of benzene rings is 1. The first-order valence-electron chi connectivity index (χ1n) is 8.14. The fraction of sp³-hybridized carbons (Fsp3) is 0.611. The first kappa shape index (κ1) is 17.3. The zero-order valence-electron chi connectivity index (χ0n) is 14.4. The lowest BCUT2D eigenvalue weighted by atomic mass is 9.63. The van der Waals surface area contributed by atoms with Crippen LogP contribution in [0.1, 0.15) is 63.6 Å². The van der Waals surface area contributed by atoms with E-state index in [1.165, 1.54) is 5.56 Å². The molecule has 132 valence electrons. The van der Waals surface area contributed by atoms with Gasteiger partial charge in [0.1, 0.15) is 0 Å². The van der Waals surface area contributed by atoms with E-state index in [0.29, 0.717) is 5.56 Å². The highest BCUT2D eigenvalue weighted by molar-refractivity contribution is 6.02. The first-order valence-corrected chi connectivity index (χ1v) is 8.14. The molecule has 1 atom stereocenters. The second-order valence-corrected chi connectivity index (χ2v) is 8.23. The summed E-state index contributed by atoms with van der Waals surface area (Å²) < 4.78 is 38.8. The molecule has 1 heterocycles. The van der Waals surface area contributed by atoms with Crippen LogP contribution in [0.3, 0.4) is 0 Å². The Morgan fingerprint density at radius 2 is 1.62 bits per heavy atom. The fourth-order valence-electron chi connectivity index (χ4n) is 3.58. The summed E-state index contributed by atoms with van der Waals surface area (Å²) in [5.74, 6) is 0. The van der Waals surface area contributed by atoms with E-state index in [1.807, 2.05) is 23.6 Å². The summed E-state index contributed by atoms with van der Waals surface area (Å²) in [7, 11) is 0. The predicted molar refractivity (Wildman–Crippen MR) is 87.0 cm³/mol. The number of hydrogen-bond acceptors (Lipinski definition) is 3. The molecule has 0 saturated carbocycles. The maximum Gasteiger partial charge on any atom is 0.438 e. The van der Waals surface area contributed by atoms with Gasteiger partial charge in [0.2, 0.25) is 0 Å². The van der Waals surface area contributed by atoms with Crippen LogP contribution in [0.2, 0.25) is 0 Å². The van der Waals surface area contributed by atoms with Crippen molar-refractivity contribution in [3.63, 3.8) is 0 Å². The molecular formula is C18H23F3N2O. The molecule has 0 saturated heterocycles. The van der Waals surface area contributed by atoms with Gasteiger partial charge < -0.3 is 5.11 Å². The van der Waals surface area contributed by atoms with Gasteiger partial charge in [-0.15, -0.1) is 0 Å². The van der Waals surface area contributed by atoms with E-state index in [9.17, 15) is 18.3 Å². The summed E-state index contributed by atoms with van der Waals surface area (Å²) in [6.45, 7) is 8.70. The maximum absolute atomic E-state index is 12.9. The number of nitrogens with zero attached hydrogens (tertiary/aromatic N) is 1. The molecule has 3 rings (SSSR count). The number of hydrazone groups is 1. The molecule has 1 aromatic carbocycles. The molecule has 1 aliphatic heterocycles. The van der Waals surface area contributed by atoms with Gasteiger partial charge in [-0.25, -0.2) is 0 Å². The number of rotatable bonds is 1. The van der Waals surface area contributed by atoms with Crippen LogP contribution >= 0.6 is 0 Å². The van der Waals surface area contributed by atoms with Crippen molar-refractivity contribution in [2.45, 2.75) is 69.7 Å². The molecule has 0 bridgehead atoms. The van der Waals surface area contributed by atoms with Crippen LogP contribution < -0.4 is 5.43 Å². The van der Waals surface area contributed by atoms with Crippen molar-refractivity contribution in [3.05, 3.63) is 34.9 Å². The molecule has 1 unspecified atom stereocenters. The van der Waals surface area contributed by atoms with E-state index in [-0.39, 0.29) is 16.5 Å². The zero-order valence-corrected chi connectivity index (χ0v) is 14.4. The van der Waals surface area contributed by atoms with Crippen molar-refractivity contribution >= 4 is 5.71 Å². The molecule has 2 aliphatic rings. The van der Waals surface area contributed by atoms with Crippen molar-refractivity contribution in [1.29, 1.82) is 0 Å². The summed E-state index contributed by atoms with van der Waals surface area (Å²) in [6.07, 6.45) is -3.26. The SMILES string of the molecule is CC1(C)CCC(C)(C)c2cc(C3=NNC(O)(C(F)(F)F)C3)ccc21. The third-order valence-corrected chi connectivity index (χ3v) is 5.45. The summed E-state index contributed by atoms with van der Waals surface area (Å²) in [5.41, 5.74) is 2.15. The minimum absolute atomic E-state index is 0.0339. The maximum atomic E-state index is 12.9. The molecule has 1 aliphatic carbocycles. The van der Waals surface area contributed by atoms with Crippen LogP contribution in [-0.2, 0) is 10.8 Å². The van der Waals surface area contributed by atoms with Gasteiger partial charge >= 0.3 is 6.18 Å². The molecule has 0 radical (unpaired) electrons. The molecule has 6 heteroatoms. The Morgan fingerprint density at radius 3 is 2.17 bits per heavy atom. The second-order valence-electron chi connectivity index (χ2n) is 8.23. The summed E-state index contributed by atoms with van der Waals surface area (Å²) in [6, 6.07) is 5.75. The third kappa shape index (κ3) is 2.61. The third-order valence-electron chi connectivity index (χ3n) is 5.45. The second kappa shape index (κ2) is 4.97. The molecule has 2 N–H and O–H groups in total. The van der Waals surface area contributed by atoms with Gasteiger partial charge in [0.25, 0.3) is 5.72 Å². The Bertz CT molecular complexity index is 707. The van der Waals surface area contributed by atoms with Crippen LogP contribution in [0.5, 0.6) is 0 Å². The van der Waals surface area contributed by atoms with Gasteiger partial charge in [-0.2, -0.15) is 18.3 Å². The van der Waals surface area contributed by atoms with Crippen LogP contribution in [0, 0.1) is 0 Å². The summed E-state index contributed by atoms with van der Waals surface area (Å²) in [5, 5.41) is 13.5. The molecule has 0 spiro atoms.